The normalized spacial score (nSPS) is 16.8. The Morgan fingerprint density at radius 3 is 2.93 bits per heavy atom. The van der Waals surface area contributed by atoms with E-state index >= 15 is 0 Å². The first-order chi connectivity index (χ1) is 7.33. The van der Waals surface area contributed by atoms with Crippen molar-refractivity contribution in [1.29, 1.82) is 0 Å². The lowest BCUT2D eigenvalue weighted by atomic mass is 9.83. The third-order valence-electron chi connectivity index (χ3n) is 3.18. The number of nitrogen functional groups attached to an aromatic ring is 1. The van der Waals surface area contributed by atoms with E-state index in [1.54, 1.807) is 0 Å². The molecule has 3 rings (SSSR count). The van der Waals surface area contributed by atoms with Gasteiger partial charge in [0.2, 0.25) is 0 Å². The second kappa shape index (κ2) is 3.26. The minimum atomic E-state index is 0.705. The maximum Gasteiger partial charge on any atom is 0.195 e. The molecule has 78 valence electrons. The number of aromatic nitrogens is 1. The number of hydrogen-bond acceptors (Lipinski definition) is 3. The topological polar surface area (TPSA) is 52.0 Å². The van der Waals surface area contributed by atoms with Crippen LogP contribution in [0.4, 0.5) is 5.69 Å². The van der Waals surface area contributed by atoms with Gasteiger partial charge in [0.1, 0.15) is 5.52 Å². The lowest BCUT2D eigenvalue weighted by molar-refractivity contribution is 0.293. The number of nitrogens with zero attached hydrogens (tertiary/aromatic N) is 1. The van der Waals surface area contributed by atoms with Crippen LogP contribution in [-0.2, 0) is 6.42 Å². The van der Waals surface area contributed by atoms with Crippen molar-refractivity contribution < 1.29 is 4.42 Å². The molecule has 1 aromatic carbocycles. The zero-order chi connectivity index (χ0) is 10.3. The molecule has 3 heteroatoms. The number of benzene rings is 1. The van der Waals surface area contributed by atoms with E-state index in [2.05, 4.69) is 4.98 Å². The maximum absolute atomic E-state index is 5.82. The highest BCUT2D eigenvalue weighted by Crippen LogP contribution is 2.31. The van der Waals surface area contributed by atoms with E-state index in [4.69, 9.17) is 10.2 Å². The molecule has 0 unspecified atom stereocenters. The van der Waals surface area contributed by atoms with Gasteiger partial charge in [0.25, 0.3) is 0 Å². The van der Waals surface area contributed by atoms with Crippen molar-refractivity contribution in [2.45, 2.75) is 25.7 Å². The van der Waals surface area contributed by atoms with Crippen LogP contribution in [-0.4, -0.2) is 4.98 Å². The van der Waals surface area contributed by atoms with Gasteiger partial charge in [-0.1, -0.05) is 12.5 Å². The summed E-state index contributed by atoms with van der Waals surface area (Å²) in [6.07, 6.45) is 4.95. The Bertz CT molecular complexity index is 485. The van der Waals surface area contributed by atoms with Crippen LogP contribution in [0, 0.1) is 5.92 Å². The molecule has 2 N–H and O–H groups in total. The minimum Gasteiger partial charge on any atom is -0.441 e. The van der Waals surface area contributed by atoms with Gasteiger partial charge in [-0.05, 0) is 30.9 Å². The quantitative estimate of drug-likeness (QED) is 0.762. The molecular weight excluding hydrogens is 188 g/mol. The van der Waals surface area contributed by atoms with E-state index in [1.165, 1.54) is 19.3 Å². The molecule has 15 heavy (non-hydrogen) atoms. The maximum atomic E-state index is 5.82. The van der Waals surface area contributed by atoms with Crippen molar-refractivity contribution in [2.75, 3.05) is 5.73 Å². The van der Waals surface area contributed by atoms with Gasteiger partial charge in [-0.3, -0.25) is 0 Å². The molecule has 1 saturated carbocycles. The number of oxazole rings is 1. The predicted molar refractivity (Wildman–Crippen MR) is 59.5 cm³/mol. The van der Waals surface area contributed by atoms with E-state index in [1.807, 2.05) is 18.2 Å². The third-order valence-corrected chi connectivity index (χ3v) is 3.18. The van der Waals surface area contributed by atoms with Crippen LogP contribution in [0.2, 0.25) is 0 Å². The Hall–Kier alpha value is -1.51. The second-order valence-electron chi connectivity index (χ2n) is 4.30. The average molecular weight is 202 g/mol. The number of anilines is 1. The molecule has 0 aliphatic heterocycles. The number of fused-ring (bicyclic) bond motifs is 1. The van der Waals surface area contributed by atoms with Gasteiger partial charge in [0, 0.05) is 6.42 Å². The molecule has 1 heterocycles. The summed E-state index contributed by atoms with van der Waals surface area (Å²) in [5, 5.41) is 0. The zero-order valence-corrected chi connectivity index (χ0v) is 8.57. The standard InChI is InChI=1S/C12H14N2O/c13-9-5-2-6-10-12(9)14-11(15-10)7-8-3-1-4-8/h2,5-6,8H,1,3-4,7,13H2. The summed E-state index contributed by atoms with van der Waals surface area (Å²) in [6, 6.07) is 5.68. The van der Waals surface area contributed by atoms with E-state index in [-0.39, 0.29) is 0 Å². The van der Waals surface area contributed by atoms with E-state index in [0.717, 1.165) is 29.3 Å². The second-order valence-corrected chi connectivity index (χ2v) is 4.30. The molecule has 0 amide bonds. The van der Waals surface area contributed by atoms with E-state index in [9.17, 15) is 0 Å². The molecule has 3 nitrogen and oxygen atoms in total. The fourth-order valence-corrected chi connectivity index (χ4v) is 2.05. The van der Waals surface area contributed by atoms with Crippen molar-refractivity contribution in [3.05, 3.63) is 24.1 Å². The Balaban J connectivity index is 1.95. The lowest BCUT2D eigenvalue weighted by Crippen LogP contribution is -2.13. The summed E-state index contributed by atoms with van der Waals surface area (Å²) in [5.41, 5.74) is 8.15. The molecule has 0 atom stereocenters. The fourth-order valence-electron chi connectivity index (χ4n) is 2.05. The molecule has 0 spiro atoms. The van der Waals surface area contributed by atoms with Crippen LogP contribution < -0.4 is 5.73 Å². The van der Waals surface area contributed by atoms with Gasteiger partial charge in [-0.25, -0.2) is 4.98 Å². The molecule has 0 saturated heterocycles. The van der Waals surface area contributed by atoms with Crippen molar-refractivity contribution in [3.63, 3.8) is 0 Å². The van der Waals surface area contributed by atoms with Crippen LogP contribution in [0.15, 0.2) is 22.6 Å². The smallest absolute Gasteiger partial charge is 0.195 e. The zero-order valence-electron chi connectivity index (χ0n) is 8.57. The summed E-state index contributed by atoms with van der Waals surface area (Å²) < 4.78 is 5.66. The van der Waals surface area contributed by atoms with Gasteiger partial charge in [0.15, 0.2) is 11.5 Å². The largest absolute Gasteiger partial charge is 0.441 e. The van der Waals surface area contributed by atoms with Crippen molar-refractivity contribution >= 4 is 16.8 Å². The highest BCUT2D eigenvalue weighted by molar-refractivity contribution is 5.85. The summed E-state index contributed by atoms with van der Waals surface area (Å²) in [7, 11) is 0. The van der Waals surface area contributed by atoms with E-state index < -0.39 is 0 Å². The lowest BCUT2D eigenvalue weighted by Gasteiger charge is -2.23. The third kappa shape index (κ3) is 1.48. The van der Waals surface area contributed by atoms with Gasteiger partial charge in [-0.15, -0.1) is 0 Å². The number of rotatable bonds is 2. The highest BCUT2D eigenvalue weighted by Gasteiger charge is 2.20. The number of nitrogens with two attached hydrogens (primary N) is 1. The molecule has 1 aliphatic rings. The number of para-hydroxylation sites is 1. The van der Waals surface area contributed by atoms with E-state index in [0.29, 0.717) is 5.69 Å². The molecule has 2 aromatic rings. The Labute approximate surface area is 88.3 Å². The van der Waals surface area contributed by atoms with Gasteiger partial charge < -0.3 is 10.2 Å². The van der Waals surface area contributed by atoms with Crippen molar-refractivity contribution in [3.8, 4) is 0 Å². The molecule has 1 aromatic heterocycles. The predicted octanol–water partition coefficient (Wildman–Crippen LogP) is 2.75. The molecule has 1 fully saturated rings. The van der Waals surface area contributed by atoms with Gasteiger partial charge in [0.05, 0.1) is 5.69 Å². The molecule has 0 radical (unpaired) electrons. The summed E-state index contributed by atoms with van der Waals surface area (Å²) in [5.74, 6) is 1.62. The highest BCUT2D eigenvalue weighted by atomic mass is 16.3. The van der Waals surface area contributed by atoms with Crippen LogP contribution in [0.5, 0.6) is 0 Å². The van der Waals surface area contributed by atoms with Crippen LogP contribution in [0.1, 0.15) is 25.2 Å². The first-order valence-corrected chi connectivity index (χ1v) is 5.47. The first kappa shape index (κ1) is 8.77. The van der Waals surface area contributed by atoms with Crippen LogP contribution in [0.3, 0.4) is 0 Å². The Morgan fingerprint density at radius 1 is 1.40 bits per heavy atom. The van der Waals surface area contributed by atoms with Crippen molar-refractivity contribution in [2.24, 2.45) is 5.92 Å². The molecular formula is C12H14N2O. The van der Waals surface area contributed by atoms with Crippen LogP contribution in [0.25, 0.3) is 11.1 Å². The number of hydrogen-bond donors (Lipinski definition) is 1. The van der Waals surface area contributed by atoms with Gasteiger partial charge in [-0.2, -0.15) is 0 Å². The first-order valence-electron chi connectivity index (χ1n) is 5.47. The summed E-state index contributed by atoms with van der Waals surface area (Å²) in [4.78, 5) is 4.44. The van der Waals surface area contributed by atoms with Crippen LogP contribution >= 0.6 is 0 Å². The Morgan fingerprint density at radius 2 is 2.27 bits per heavy atom. The summed E-state index contributed by atoms with van der Waals surface area (Å²) in [6.45, 7) is 0. The SMILES string of the molecule is Nc1cccc2oc(CC3CCC3)nc12. The average Bonchev–Trinajstić information content (AvgIpc) is 2.56. The molecule has 0 bridgehead atoms. The monoisotopic (exact) mass is 202 g/mol. The van der Waals surface area contributed by atoms with Crippen molar-refractivity contribution in [1.82, 2.24) is 4.98 Å². The fraction of sp³-hybridized carbons (Fsp3) is 0.417. The van der Waals surface area contributed by atoms with Gasteiger partial charge >= 0.3 is 0 Å². The summed E-state index contributed by atoms with van der Waals surface area (Å²) >= 11 is 0. The minimum absolute atomic E-state index is 0.705. The molecule has 1 aliphatic carbocycles. The Kier molecular flexibility index (Phi) is 1.91.